The van der Waals surface area contributed by atoms with Gasteiger partial charge in [0.1, 0.15) is 11.6 Å². The third-order valence-electron chi connectivity index (χ3n) is 4.22. The topological polar surface area (TPSA) is 130 Å². The first kappa shape index (κ1) is 23.0. The summed E-state index contributed by atoms with van der Waals surface area (Å²) in [4.78, 5) is 23.9. The predicted octanol–water partition coefficient (Wildman–Crippen LogP) is 2.34. The van der Waals surface area contributed by atoms with Gasteiger partial charge in [-0.25, -0.2) is 22.3 Å². The van der Waals surface area contributed by atoms with Crippen molar-refractivity contribution in [2.45, 2.75) is 18.0 Å². The first-order valence-electron chi connectivity index (χ1n) is 9.50. The second-order valence-corrected chi connectivity index (χ2v) is 8.41. The molecule has 3 rings (SSSR count). The molecule has 11 heteroatoms. The summed E-state index contributed by atoms with van der Waals surface area (Å²) in [5, 5.41) is 7.46. The molecular weight excluding hydrogens is 439 g/mol. The van der Waals surface area contributed by atoms with Crippen molar-refractivity contribution in [3.63, 3.8) is 0 Å². The number of benzene rings is 2. The van der Waals surface area contributed by atoms with Crippen LogP contribution in [0.15, 0.2) is 76.2 Å². The van der Waals surface area contributed by atoms with Gasteiger partial charge in [-0.15, -0.1) is 0 Å². The number of hydrogen-bond donors (Lipinski definition) is 4. The normalized spacial score (nSPS) is 11.0. The summed E-state index contributed by atoms with van der Waals surface area (Å²) in [5.41, 5.74) is 0.953. The van der Waals surface area contributed by atoms with E-state index < -0.39 is 22.0 Å². The van der Waals surface area contributed by atoms with Crippen LogP contribution in [0.25, 0.3) is 0 Å². The molecule has 0 aliphatic heterocycles. The Morgan fingerprint density at radius 3 is 2.44 bits per heavy atom. The molecule has 0 aliphatic rings. The fourth-order valence-electron chi connectivity index (χ4n) is 2.62. The smallest absolute Gasteiger partial charge is 0.315 e. The largest absolute Gasteiger partial charge is 0.468 e. The Morgan fingerprint density at radius 1 is 0.938 bits per heavy atom. The van der Waals surface area contributed by atoms with Crippen LogP contribution in [-0.4, -0.2) is 26.9 Å². The molecule has 1 aromatic heterocycles. The lowest BCUT2D eigenvalue weighted by Gasteiger charge is -2.10. The number of rotatable bonds is 9. The molecule has 0 aliphatic carbocycles. The van der Waals surface area contributed by atoms with Crippen LogP contribution < -0.4 is 20.7 Å². The number of amides is 3. The van der Waals surface area contributed by atoms with Crippen LogP contribution in [0.2, 0.25) is 0 Å². The van der Waals surface area contributed by atoms with Gasteiger partial charge in [0.05, 0.1) is 24.2 Å². The second-order valence-electron chi connectivity index (χ2n) is 6.64. The lowest BCUT2D eigenvalue weighted by molar-refractivity contribution is -0.115. The third kappa shape index (κ3) is 6.93. The molecule has 1 heterocycles. The van der Waals surface area contributed by atoms with Crippen molar-refractivity contribution in [2.75, 3.05) is 11.9 Å². The maximum absolute atomic E-state index is 12.9. The summed E-state index contributed by atoms with van der Waals surface area (Å²) in [7, 11) is -3.82. The van der Waals surface area contributed by atoms with Crippen LogP contribution in [-0.2, 0) is 27.9 Å². The van der Waals surface area contributed by atoms with E-state index in [1.165, 1.54) is 54.8 Å². The maximum atomic E-state index is 12.9. The molecule has 4 N–H and O–H groups in total. The fraction of sp³-hybridized carbons (Fsp3) is 0.143. The van der Waals surface area contributed by atoms with E-state index in [0.29, 0.717) is 11.3 Å². The number of carbonyl (C=O) groups is 2. The van der Waals surface area contributed by atoms with Gasteiger partial charge in [0.2, 0.25) is 15.9 Å². The molecule has 0 saturated heterocycles. The van der Waals surface area contributed by atoms with Crippen molar-refractivity contribution in [3.8, 4) is 0 Å². The van der Waals surface area contributed by atoms with Gasteiger partial charge in [-0.05, 0) is 48.0 Å². The number of sulfonamides is 1. The molecule has 0 radical (unpaired) electrons. The average Bonchev–Trinajstić information content (AvgIpc) is 3.30. The first-order valence-corrected chi connectivity index (χ1v) is 11.0. The Morgan fingerprint density at radius 2 is 1.72 bits per heavy atom. The molecule has 2 aromatic carbocycles. The molecular formula is C21H21FN4O5S. The van der Waals surface area contributed by atoms with Crippen LogP contribution in [0.3, 0.4) is 0 Å². The molecule has 0 unspecified atom stereocenters. The monoisotopic (exact) mass is 460 g/mol. The lowest BCUT2D eigenvalue weighted by atomic mass is 10.2. The molecule has 0 fully saturated rings. The number of anilines is 1. The Kier molecular flexibility index (Phi) is 7.58. The van der Waals surface area contributed by atoms with Gasteiger partial charge < -0.3 is 20.4 Å². The summed E-state index contributed by atoms with van der Waals surface area (Å²) < 4.78 is 45.3. The molecule has 3 amide bonds. The number of halogens is 1. The van der Waals surface area contributed by atoms with Crippen LogP contribution in [0.1, 0.15) is 11.3 Å². The standard InChI is InChI=1S/C21H21FN4O5S/c22-16-8-6-15(7-9-16)12-23-21(28)24-14-20(27)26-17-3-1-5-19(11-17)32(29,30)25-13-18-4-2-10-31-18/h1-11,25H,12-14H2,(H,26,27)(H2,23,24,28). The number of urea groups is 1. The minimum absolute atomic E-state index is 0.0110. The van der Waals surface area contributed by atoms with Gasteiger partial charge in [-0.1, -0.05) is 18.2 Å². The van der Waals surface area contributed by atoms with Gasteiger partial charge in [-0.3, -0.25) is 4.79 Å². The molecule has 0 spiro atoms. The first-order chi connectivity index (χ1) is 15.3. The quantitative estimate of drug-likeness (QED) is 0.390. The average molecular weight is 460 g/mol. The van der Waals surface area contributed by atoms with Crippen LogP contribution in [0, 0.1) is 5.82 Å². The van der Waals surface area contributed by atoms with Crippen LogP contribution in [0.4, 0.5) is 14.9 Å². The van der Waals surface area contributed by atoms with E-state index in [0.717, 1.165) is 0 Å². The number of hydrogen-bond acceptors (Lipinski definition) is 5. The van der Waals surface area contributed by atoms with E-state index in [1.807, 2.05) is 0 Å². The highest BCUT2D eigenvalue weighted by atomic mass is 32.2. The minimum atomic E-state index is -3.82. The van der Waals surface area contributed by atoms with Crippen molar-refractivity contribution < 1.29 is 26.8 Å². The van der Waals surface area contributed by atoms with Gasteiger partial charge in [0.15, 0.2) is 0 Å². The molecule has 9 nitrogen and oxygen atoms in total. The van der Waals surface area contributed by atoms with E-state index >= 15 is 0 Å². The minimum Gasteiger partial charge on any atom is -0.468 e. The highest BCUT2D eigenvalue weighted by Crippen LogP contribution is 2.16. The summed E-state index contributed by atoms with van der Waals surface area (Å²) in [6.07, 6.45) is 1.44. The van der Waals surface area contributed by atoms with E-state index in [9.17, 15) is 22.4 Å². The fourth-order valence-corrected chi connectivity index (χ4v) is 3.66. The zero-order chi connectivity index (χ0) is 23.0. The van der Waals surface area contributed by atoms with Gasteiger partial charge in [0, 0.05) is 12.2 Å². The molecule has 0 saturated carbocycles. The Balaban J connectivity index is 1.47. The van der Waals surface area contributed by atoms with Crippen LogP contribution in [0.5, 0.6) is 0 Å². The number of furan rings is 1. The molecule has 168 valence electrons. The van der Waals surface area contributed by atoms with E-state index in [4.69, 9.17) is 4.42 Å². The summed E-state index contributed by atoms with van der Waals surface area (Å²) in [5.74, 6) is -0.457. The zero-order valence-electron chi connectivity index (χ0n) is 16.8. The van der Waals surface area contributed by atoms with E-state index in [-0.39, 0.29) is 36.0 Å². The Bertz CT molecular complexity index is 1170. The summed E-state index contributed by atoms with van der Waals surface area (Å²) >= 11 is 0. The van der Waals surface area contributed by atoms with Gasteiger partial charge in [-0.2, -0.15) is 0 Å². The van der Waals surface area contributed by atoms with Gasteiger partial charge in [0.25, 0.3) is 0 Å². The maximum Gasteiger partial charge on any atom is 0.315 e. The van der Waals surface area contributed by atoms with E-state index in [1.54, 1.807) is 12.1 Å². The summed E-state index contributed by atoms with van der Waals surface area (Å²) in [6.45, 7) is -0.176. The predicted molar refractivity (Wildman–Crippen MR) is 114 cm³/mol. The van der Waals surface area contributed by atoms with Gasteiger partial charge >= 0.3 is 6.03 Å². The van der Waals surface area contributed by atoms with Crippen molar-refractivity contribution in [2.24, 2.45) is 0 Å². The molecule has 0 atom stereocenters. The van der Waals surface area contributed by atoms with Crippen molar-refractivity contribution in [3.05, 3.63) is 84.1 Å². The van der Waals surface area contributed by atoms with E-state index in [2.05, 4.69) is 20.7 Å². The number of carbonyl (C=O) groups excluding carboxylic acids is 2. The highest BCUT2D eigenvalue weighted by Gasteiger charge is 2.15. The van der Waals surface area contributed by atoms with Crippen molar-refractivity contribution in [1.82, 2.24) is 15.4 Å². The van der Waals surface area contributed by atoms with Crippen molar-refractivity contribution >= 4 is 27.6 Å². The molecule has 32 heavy (non-hydrogen) atoms. The Hall–Kier alpha value is -3.70. The summed E-state index contributed by atoms with van der Waals surface area (Å²) in [6, 6.07) is 14.0. The highest BCUT2D eigenvalue weighted by molar-refractivity contribution is 7.89. The third-order valence-corrected chi connectivity index (χ3v) is 5.62. The Labute approximate surface area is 184 Å². The van der Waals surface area contributed by atoms with Crippen molar-refractivity contribution in [1.29, 1.82) is 0 Å². The SMILES string of the molecule is O=C(CNC(=O)NCc1ccc(F)cc1)Nc1cccc(S(=O)(=O)NCc2ccco2)c1. The lowest BCUT2D eigenvalue weighted by Crippen LogP contribution is -2.39. The number of nitrogens with one attached hydrogen (secondary N) is 4. The second kappa shape index (κ2) is 10.6. The molecule has 0 bridgehead atoms. The zero-order valence-corrected chi connectivity index (χ0v) is 17.6. The van der Waals surface area contributed by atoms with Crippen LogP contribution >= 0.6 is 0 Å². The molecule has 3 aromatic rings.